The summed E-state index contributed by atoms with van der Waals surface area (Å²) in [6, 6.07) is 0.206. The fourth-order valence-corrected chi connectivity index (χ4v) is 3.99. The molecule has 11 nitrogen and oxygen atoms in total. The van der Waals surface area contributed by atoms with Crippen LogP contribution >= 0.6 is 11.6 Å². The molecule has 1 saturated carbocycles. The van der Waals surface area contributed by atoms with Gasteiger partial charge in [0.2, 0.25) is 5.28 Å². The van der Waals surface area contributed by atoms with E-state index < -0.39 is 24.5 Å². The Labute approximate surface area is 182 Å². The lowest BCUT2D eigenvalue weighted by molar-refractivity contribution is -0.0451. The molecule has 0 spiro atoms. The molecule has 1 aliphatic heterocycles. The second-order valence-electron chi connectivity index (χ2n) is 8.02. The molecule has 0 aromatic carbocycles. The molecular weight excluding hydrogens is 426 g/mol. The molecule has 4 unspecified atom stereocenters. The SMILES string of the molecule is CCC(CC)Nc1nc(Cl)nc2c1ncn2C1OC(c2nc(C3CC3)no2)C(O)C1O. The summed E-state index contributed by atoms with van der Waals surface area (Å²) in [5, 5.41) is 28.6. The zero-order valence-corrected chi connectivity index (χ0v) is 17.9. The first-order chi connectivity index (χ1) is 15.0. The summed E-state index contributed by atoms with van der Waals surface area (Å²) >= 11 is 6.17. The molecule has 5 rings (SSSR count). The number of nitrogens with one attached hydrogen (secondary N) is 1. The fraction of sp³-hybridized carbons (Fsp3) is 0.632. The minimum absolute atomic E-state index is 0.0401. The molecule has 0 amide bonds. The van der Waals surface area contributed by atoms with Gasteiger partial charge in [0.05, 0.1) is 6.33 Å². The Morgan fingerprint density at radius 1 is 1.19 bits per heavy atom. The van der Waals surface area contributed by atoms with E-state index in [1.807, 2.05) is 0 Å². The van der Waals surface area contributed by atoms with Gasteiger partial charge < -0.3 is 24.8 Å². The molecule has 31 heavy (non-hydrogen) atoms. The van der Waals surface area contributed by atoms with E-state index in [2.05, 4.69) is 44.3 Å². The molecule has 166 valence electrons. The van der Waals surface area contributed by atoms with E-state index >= 15 is 0 Å². The van der Waals surface area contributed by atoms with E-state index in [9.17, 15) is 10.2 Å². The standard InChI is InChI=1S/C19H24ClN7O4/c1-3-9(4-2)22-15-10-16(25-19(20)24-15)27(7-21-10)18-12(29)11(28)13(30-18)17-23-14(26-31-17)8-5-6-8/h7-9,11-13,18,28-29H,3-6H2,1-2H3,(H,22,24,25). The van der Waals surface area contributed by atoms with Crippen molar-refractivity contribution in [1.82, 2.24) is 29.7 Å². The maximum absolute atomic E-state index is 10.7. The molecule has 12 heteroatoms. The number of rotatable bonds is 7. The Morgan fingerprint density at radius 2 is 1.97 bits per heavy atom. The van der Waals surface area contributed by atoms with Gasteiger partial charge in [-0.2, -0.15) is 15.0 Å². The Morgan fingerprint density at radius 3 is 2.68 bits per heavy atom. The summed E-state index contributed by atoms with van der Waals surface area (Å²) in [6.07, 6.45) is 0.903. The molecule has 3 N–H and O–H groups in total. The monoisotopic (exact) mass is 449 g/mol. The number of ether oxygens (including phenoxy) is 1. The Bertz CT molecular complexity index is 1080. The van der Waals surface area contributed by atoms with Crippen LogP contribution in [0.25, 0.3) is 11.2 Å². The summed E-state index contributed by atoms with van der Waals surface area (Å²) < 4.78 is 12.8. The topological polar surface area (TPSA) is 144 Å². The molecule has 0 bridgehead atoms. The number of hydrogen-bond acceptors (Lipinski definition) is 10. The minimum atomic E-state index is -1.26. The second-order valence-corrected chi connectivity index (χ2v) is 8.35. The van der Waals surface area contributed by atoms with Crippen LogP contribution in [0.2, 0.25) is 5.28 Å². The zero-order chi connectivity index (χ0) is 21.7. The first-order valence-corrected chi connectivity index (χ1v) is 10.9. The van der Waals surface area contributed by atoms with Crippen molar-refractivity contribution in [3.63, 3.8) is 0 Å². The van der Waals surface area contributed by atoms with Gasteiger partial charge in [0.15, 0.2) is 35.1 Å². The molecule has 4 heterocycles. The Hall–Kier alpha value is -2.34. The molecule has 2 aliphatic rings. The van der Waals surface area contributed by atoms with Gasteiger partial charge in [-0.05, 0) is 37.3 Å². The summed E-state index contributed by atoms with van der Waals surface area (Å²) in [7, 11) is 0. The van der Waals surface area contributed by atoms with E-state index in [0.29, 0.717) is 28.7 Å². The number of anilines is 1. The number of hydrogen-bond donors (Lipinski definition) is 3. The van der Waals surface area contributed by atoms with Gasteiger partial charge in [-0.25, -0.2) is 4.98 Å². The summed E-state index contributed by atoms with van der Waals surface area (Å²) in [6.45, 7) is 4.16. The van der Waals surface area contributed by atoms with Gasteiger partial charge in [-0.3, -0.25) is 4.57 Å². The predicted octanol–water partition coefficient (Wildman–Crippen LogP) is 2.33. The minimum Gasteiger partial charge on any atom is -0.387 e. The number of aliphatic hydroxyl groups excluding tert-OH is 2. The second kappa shape index (κ2) is 7.97. The number of aromatic nitrogens is 6. The van der Waals surface area contributed by atoms with Gasteiger partial charge in [-0.15, -0.1) is 0 Å². The maximum Gasteiger partial charge on any atom is 0.258 e. The lowest BCUT2D eigenvalue weighted by Gasteiger charge is -2.18. The van der Waals surface area contributed by atoms with Crippen LogP contribution in [0.4, 0.5) is 5.82 Å². The van der Waals surface area contributed by atoms with E-state index in [-0.39, 0.29) is 17.2 Å². The molecule has 4 atom stereocenters. The van der Waals surface area contributed by atoms with Gasteiger partial charge in [-0.1, -0.05) is 19.0 Å². The van der Waals surface area contributed by atoms with Crippen molar-refractivity contribution in [2.24, 2.45) is 0 Å². The number of imidazole rings is 1. The average Bonchev–Trinajstić information content (AvgIpc) is 3.23. The average molecular weight is 450 g/mol. The van der Waals surface area contributed by atoms with Crippen LogP contribution < -0.4 is 5.32 Å². The van der Waals surface area contributed by atoms with Gasteiger partial charge in [0.25, 0.3) is 5.89 Å². The highest BCUT2D eigenvalue weighted by Gasteiger charge is 2.48. The third kappa shape index (κ3) is 3.65. The van der Waals surface area contributed by atoms with Crippen molar-refractivity contribution in [2.45, 2.75) is 76.0 Å². The molecule has 3 aromatic rings. The van der Waals surface area contributed by atoms with Gasteiger partial charge >= 0.3 is 0 Å². The van der Waals surface area contributed by atoms with Crippen molar-refractivity contribution < 1.29 is 19.5 Å². The first-order valence-electron chi connectivity index (χ1n) is 10.5. The maximum atomic E-state index is 10.7. The van der Waals surface area contributed by atoms with Crippen LogP contribution in [-0.2, 0) is 4.74 Å². The highest BCUT2D eigenvalue weighted by atomic mass is 35.5. The normalized spacial score (nSPS) is 26.3. The Kier molecular flexibility index (Phi) is 5.29. The van der Waals surface area contributed by atoms with E-state index in [4.69, 9.17) is 20.9 Å². The molecule has 0 radical (unpaired) electrons. The summed E-state index contributed by atoms with van der Waals surface area (Å²) in [4.78, 5) is 17.3. The van der Waals surface area contributed by atoms with Crippen molar-refractivity contribution >= 4 is 28.6 Å². The van der Waals surface area contributed by atoms with Crippen molar-refractivity contribution in [1.29, 1.82) is 0 Å². The first kappa shape index (κ1) is 20.6. The van der Waals surface area contributed by atoms with E-state index in [1.54, 1.807) is 0 Å². The molecule has 3 aromatic heterocycles. The lowest BCUT2D eigenvalue weighted by Crippen LogP contribution is -2.29. The predicted molar refractivity (Wildman–Crippen MR) is 109 cm³/mol. The molecule has 1 aliphatic carbocycles. The molecule has 2 fully saturated rings. The third-order valence-electron chi connectivity index (χ3n) is 5.88. The van der Waals surface area contributed by atoms with Crippen LogP contribution in [0.15, 0.2) is 10.9 Å². The highest BCUT2D eigenvalue weighted by Crippen LogP contribution is 2.42. The van der Waals surface area contributed by atoms with Gasteiger partial charge in [0, 0.05) is 12.0 Å². The van der Waals surface area contributed by atoms with Gasteiger partial charge in [0.1, 0.15) is 12.2 Å². The van der Waals surface area contributed by atoms with Crippen LogP contribution in [0, 0.1) is 0 Å². The smallest absolute Gasteiger partial charge is 0.258 e. The van der Waals surface area contributed by atoms with Crippen molar-refractivity contribution in [3.8, 4) is 0 Å². The van der Waals surface area contributed by atoms with Crippen LogP contribution in [-0.4, -0.2) is 58.1 Å². The highest BCUT2D eigenvalue weighted by molar-refractivity contribution is 6.28. The number of nitrogens with zero attached hydrogens (tertiary/aromatic N) is 6. The summed E-state index contributed by atoms with van der Waals surface area (Å²) in [5.74, 6) is 1.56. The van der Waals surface area contributed by atoms with Crippen LogP contribution in [0.3, 0.4) is 0 Å². The van der Waals surface area contributed by atoms with E-state index in [1.165, 1.54) is 10.9 Å². The lowest BCUT2D eigenvalue weighted by atomic mass is 10.1. The quantitative estimate of drug-likeness (QED) is 0.459. The largest absolute Gasteiger partial charge is 0.387 e. The number of fused-ring (bicyclic) bond motifs is 1. The van der Waals surface area contributed by atoms with E-state index in [0.717, 1.165) is 25.7 Å². The number of aliphatic hydroxyl groups is 2. The molecule has 1 saturated heterocycles. The third-order valence-corrected chi connectivity index (χ3v) is 6.05. The zero-order valence-electron chi connectivity index (χ0n) is 17.1. The van der Waals surface area contributed by atoms with Crippen molar-refractivity contribution in [3.05, 3.63) is 23.3 Å². The fourth-order valence-electron chi connectivity index (χ4n) is 3.83. The van der Waals surface area contributed by atoms with Crippen LogP contribution in [0.5, 0.6) is 0 Å². The number of halogens is 1. The summed E-state index contributed by atoms with van der Waals surface area (Å²) in [5.41, 5.74) is 0.883. The Balaban J connectivity index is 1.46. The van der Waals surface area contributed by atoms with Crippen molar-refractivity contribution in [2.75, 3.05) is 5.32 Å². The van der Waals surface area contributed by atoms with Crippen LogP contribution in [0.1, 0.15) is 69.5 Å². The molecular formula is C19H24ClN7O4.